The topological polar surface area (TPSA) is 53.0 Å². The highest BCUT2D eigenvalue weighted by molar-refractivity contribution is 5.71. The molecule has 1 saturated carbocycles. The molecule has 4 atom stereocenters. The fourth-order valence-electron chi connectivity index (χ4n) is 7.29. The number of nitrogens with zero attached hydrogens (tertiary/aromatic N) is 2. The standard InChI is InChI=1S/C31H39F3N2O3/c1-35(2)21-25-10-6-7-17-36(25)28(37)39-26-13-14-27-23(18-26)11-12-24-20-30(38,31(32,33)34)16-15-29(24,27)19-22-8-4-3-5-9-22/h3-5,8-9,13-14,18,24-25,38H,6-7,10-12,15-17,19-21H2,1-2H3/t24?,25?,29-,30+/m0/s1. The van der Waals surface area contributed by atoms with Gasteiger partial charge in [0.2, 0.25) is 0 Å². The van der Waals surface area contributed by atoms with Crippen molar-refractivity contribution in [2.45, 2.75) is 81.0 Å². The van der Waals surface area contributed by atoms with E-state index in [1.54, 1.807) is 6.07 Å². The number of hydrogen-bond acceptors (Lipinski definition) is 4. The average molecular weight is 545 g/mol. The van der Waals surface area contributed by atoms with Gasteiger partial charge in [0.05, 0.1) is 0 Å². The Morgan fingerprint density at radius 1 is 1.10 bits per heavy atom. The molecule has 1 heterocycles. The number of carbonyl (C=O) groups excluding carboxylic acids is 1. The van der Waals surface area contributed by atoms with Crippen LogP contribution < -0.4 is 4.74 Å². The van der Waals surface area contributed by atoms with Crippen LogP contribution in [0.5, 0.6) is 5.75 Å². The van der Waals surface area contributed by atoms with Crippen molar-refractivity contribution in [1.82, 2.24) is 9.80 Å². The van der Waals surface area contributed by atoms with Gasteiger partial charge in [-0.15, -0.1) is 0 Å². The Balaban J connectivity index is 1.43. The van der Waals surface area contributed by atoms with Crippen molar-refractivity contribution in [1.29, 1.82) is 0 Å². The highest BCUT2D eigenvalue weighted by Crippen LogP contribution is 2.57. The Kier molecular flexibility index (Phi) is 7.72. The van der Waals surface area contributed by atoms with Crippen LogP contribution in [0.25, 0.3) is 0 Å². The van der Waals surface area contributed by atoms with E-state index < -0.39 is 17.2 Å². The Morgan fingerprint density at radius 2 is 1.87 bits per heavy atom. The van der Waals surface area contributed by atoms with Crippen LogP contribution in [0.15, 0.2) is 48.5 Å². The van der Waals surface area contributed by atoms with E-state index in [-0.39, 0.29) is 37.3 Å². The summed E-state index contributed by atoms with van der Waals surface area (Å²) in [6.45, 7) is 1.46. The van der Waals surface area contributed by atoms with Crippen LogP contribution in [0.2, 0.25) is 0 Å². The molecule has 212 valence electrons. The first-order chi connectivity index (χ1) is 18.5. The van der Waals surface area contributed by atoms with Crippen LogP contribution in [-0.4, -0.2) is 66.0 Å². The van der Waals surface area contributed by atoms with Crippen molar-refractivity contribution in [3.63, 3.8) is 0 Å². The smallest absolute Gasteiger partial charge is 0.410 e. The molecule has 0 bridgehead atoms. The van der Waals surface area contributed by atoms with Gasteiger partial charge in [0.1, 0.15) is 5.75 Å². The lowest BCUT2D eigenvalue weighted by atomic mass is 9.52. The molecular formula is C31H39F3N2O3. The van der Waals surface area contributed by atoms with Gasteiger partial charge in [0, 0.05) is 24.5 Å². The van der Waals surface area contributed by atoms with E-state index in [0.29, 0.717) is 31.6 Å². The molecule has 1 saturated heterocycles. The SMILES string of the molecule is CN(C)CC1CCCCN1C(=O)Oc1ccc2c(c1)CCC1C[C@@](O)(C(F)(F)F)CC[C@@]21Cc1ccccc1. The summed E-state index contributed by atoms with van der Waals surface area (Å²) in [4.78, 5) is 17.1. The van der Waals surface area contributed by atoms with E-state index in [9.17, 15) is 23.1 Å². The molecule has 2 aliphatic carbocycles. The number of amides is 1. The third kappa shape index (κ3) is 5.55. The average Bonchev–Trinajstić information content (AvgIpc) is 2.89. The van der Waals surface area contributed by atoms with Gasteiger partial charge in [-0.1, -0.05) is 36.4 Å². The largest absolute Gasteiger partial charge is 0.417 e. The van der Waals surface area contributed by atoms with E-state index >= 15 is 0 Å². The summed E-state index contributed by atoms with van der Waals surface area (Å²) in [7, 11) is 4.00. The quantitative estimate of drug-likeness (QED) is 0.493. The minimum Gasteiger partial charge on any atom is -0.410 e. The highest BCUT2D eigenvalue weighted by Gasteiger charge is 2.61. The maximum Gasteiger partial charge on any atom is 0.417 e. The van der Waals surface area contributed by atoms with Gasteiger partial charge >= 0.3 is 12.3 Å². The lowest BCUT2D eigenvalue weighted by Crippen LogP contribution is -2.56. The van der Waals surface area contributed by atoms with Crippen LogP contribution in [0.3, 0.4) is 0 Å². The third-order valence-corrected chi connectivity index (χ3v) is 9.26. The number of alkyl halides is 3. The summed E-state index contributed by atoms with van der Waals surface area (Å²) in [6.07, 6.45) is -0.620. The second-order valence-corrected chi connectivity index (χ2v) is 12.1. The lowest BCUT2D eigenvalue weighted by Gasteiger charge is -2.53. The number of fused-ring (bicyclic) bond motifs is 3. The summed E-state index contributed by atoms with van der Waals surface area (Å²) in [5.74, 6) is 0.169. The molecule has 5 nitrogen and oxygen atoms in total. The highest BCUT2D eigenvalue weighted by atomic mass is 19.4. The number of ether oxygens (including phenoxy) is 1. The van der Waals surface area contributed by atoms with E-state index in [1.165, 1.54) is 0 Å². The van der Waals surface area contributed by atoms with Crippen molar-refractivity contribution in [3.05, 3.63) is 65.2 Å². The number of hydrogen-bond donors (Lipinski definition) is 1. The summed E-state index contributed by atoms with van der Waals surface area (Å²) in [5.41, 5.74) is -0.0510. The van der Waals surface area contributed by atoms with Crippen LogP contribution in [0.1, 0.15) is 61.6 Å². The second kappa shape index (κ2) is 10.8. The van der Waals surface area contributed by atoms with Crippen molar-refractivity contribution in [3.8, 4) is 5.75 Å². The molecule has 2 aromatic rings. The number of halogens is 3. The molecule has 5 rings (SSSR count). The Labute approximate surface area is 228 Å². The molecule has 39 heavy (non-hydrogen) atoms. The van der Waals surface area contributed by atoms with Crippen LogP contribution in [0.4, 0.5) is 18.0 Å². The molecule has 0 aromatic heterocycles. The summed E-state index contributed by atoms with van der Waals surface area (Å²) in [5, 5.41) is 10.6. The van der Waals surface area contributed by atoms with Gasteiger partial charge in [0.25, 0.3) is 0 Å². The molecule has 8 heteroatoms. The van der Waals surface area contributed by atoms with Crippen molar-refractivity contribution >= 4 is 6.09 Å². The summed E-state index contributed by atoms with van der Waals surface area (Å²) in [6, 6.07) is 15.6. The minimum absolute atomic E-state index is 0.114. The van der Waals surface area contributed by atoms with Crippen LogP contribution >= 0.6 is 0 Å². The third-order valence-electron chi connectivity index (χ3n) is 9.26. The van der Waals surface area contributed by atoms with Crippen LogP contribution in [-0.2, 0) is 18.3 Å². The number of benzene rings is 2. The predicted octanol–water partition coefficient (Wildman–Crippen LogP) is 6.12. The molecule has 0 radical (unpaired) electrons. The van der Waals surface area contributed by atoms with E-state index in [4.69, 9.17) is 4.74 Å². The first-order valence-corrected chi connectivity index (χ1v) is 14.1. The summed E-state index contributed by atoms with van der Waals surface area (Å²) < 4.78 is 47.4. The monoisotopic (exact) mass is 544 g/mol. The molecule has 2 unspecified atom stereocenters. The molecule has 1 aliphatic heterocycles. The van der Waals surface area contributed by atoms with E-state index in [0.717, 1.165) is 42.5 Å². The van der Waals surface area contributed by atoms with Crippen molar-refractivity contribution in [2.24, 2.45) is 5.92 Å². The van der Waals surface area contributed by atoms with Gasteiger partial charge in [-0.2, -0.15) is 13.2 Å². The summed E-state index contributed by atoms with van der Waals surface area (Å²) >= 11 is 0. The van der Waals surface area contributed by atoms with Crippen molar-refractivity contribution < 1.29 is 27.8 Å². The van der Waals surface area contributed by atoms with Gasteiger partial charge in [-0.05, 0) is 107 Å². The molecule has 0 spiro atoms. The van der Waals surface area contributed by atoms with E-state index in [1.807, 2.05) is 61.5 Å². The Morgan fingerprint density at radius 3 is 2.59 bits per heavy atom. The fourth-order valence-corrected chi connectivity index (χ4v) is 7.29. The number of piperidine rings is 1. The normalized spacial score (nSPS) is 29.1. The maximum atomic E-state index is 13.9. The van der Waals surface area contributed by atoms with Gasteiger partial charge in [0.15, 0.2) is 5.60 Å². The minimum atomic E-state index is -4.65. The van der Waals surface area contributed by atoms with E-state index in [2.05, 4.69) is 4.90 Å². The Hall–Kier alpha value is -2.58. The van der Waals surface area contributed by atoms with Crippen molar-refractivity contribution in [2.75, 3.05) is 27.2 Å². The molecule has 1 amide bonds. The van der Waals surface area contributed by atoms with Gasteiger partial charge in [-0.3, -0.25) is 0 Å². The number of likely N-dealkylation sites (N-methyl/N-ethyl adjacent to an activating group) is 1. The first kappa shape index (κ1) is 28.0. The molecule has 3 aliphatic rings. The van der Waals surface area contributed by atoms with Gasteiger partial charge in [-0.25, -0.2) is 4.79 Å². The van der Waals surface area contributed by atoms with Gasteiger partial charge < -0.3 is 19.6 Å². The number of aliphatic hydroxyl groups is 1. The number of aryl methyl sites for hydroxylation is 1. The maximum absolute atomic E-state index is 13.9. The zero-order valence-corrected chi connectivity index (χ0v) is 22.8. The number of likely N-dealkylation sites (tertiary alicyclic amines) is 1. The zero-order chi connectivity index (χ0) is 27.8. The molecule has 2 aromatic carbocycles. The fraction of sp³-hybridized carbons (Fsp3) is 0.581. The zero-order valence-electron chi connectivity index (χ0n) is 22.8. The first-order valence-electron chi connectivity index (χ1n) is 14.1. The predicted molar refractivity (Wildman–Crippen MR) is 144 cm³/mol. The van der Waals surface area contributed by atoms with Crippen LogP contribution in [0, 0.1) is 5.92 Å². The second-order valence-electron chi connectivity index (χ2n) is 12.1. The molecular weight excluding hydrogens is 505 g/mol. The molecule has 1 N–H and O–H groups in total. The Bertz CT molecular complexity index is 1170. The molecule has 2 fully saturated rings. The lowest BCUT2D eigenvalue weighted by molar-refractivity contribution is -0.279. The number of carbonyl (C=O) groups is 1. The number of rotatable bonds is 5.